The van der Waals surface area contributed by atoms with E-state index in [9.17, 15) is 24.0 Å². The number of carbonyl (C=O) groups is 5. The minimum atomic E-state index is -0.123. The Balaban J connectivity index is -0.0000000656. The van der Waals surface area contributed by atoms with E-state index in [4.69, 9.17) is 4.74 Å². The molecule has 0 aliphatic rings. The standard InChI is InChI=1S/2C5H11NO.2C5H10O2.C5H10O.C4H11N.C4H10O.C4H10S/c2*1-3-5(7)6-4-2;2*1-3-5(6)7-4-2;1-3-5(6)4-2;3*1-3-5-4-2/h2*3-4H2,1-2H3,(H,6,7);2*3-4H2,1-2H3;3-4H2,1-2H3;5H,3-4H2,1-2H3;2*3-4H2,1-2H3. The molecule has 0 spiro atoms. The van der Waals surface area contributed by atoms with Crippen LogP contribution in [0.2, 0.25) is 0 Å². The molecule has 0 aromatic rings. The Kier molecular flexibility index (Phi) is 95.5. The lowest BCUT2D eigenvalue weighted by molar-refractivity contribution is -0.143. The van der Waals surface area contributed by atoms with E-state index in [0.29, 0.717) is 57.5 Å². The number of ether oxygens (including phenoxy) is 3. The van der Waals surface area contributed by atoms with Crippen LogP contribution in [0, 0.1) is 0 Å². The second-order valence-corrected chi connectivity index (χ2v) is 10.3. The first-order valence-corrected chi connectivity index (χ1v) is 19.7. The minimum Gasteiger partial charge on any atom is -0.466 e. The van der Waals surface area contributed by atoms with E-state index in [1.165, 1.54) is 11.5 Å². The first kappa shape index (κ1) is 65.2. The van der Waals surface area contributed by atoms with Crippen molar-refractivity contribution in [1.82, 2.24) is 16.0 Å². The molecule has 12 heteroatoms. The summed E-state index contributed by atoms with van der Waals surface area (Å²) in [5.74, 6) is 2.87. The fourth-order valence-corrected chi connectivity index (χ4v) is 2.49. The minimum absolute atomic E-state index is 0.123. The van der Waals surface area contributed by atoms with Gasteiger partial charge < -0.3 is 30.2 Å². The molecule has 0 heterocycles. The predicted octanol–water partition coefficient (Wildman–Crippen LogP) is 7.78. The lowest BCUT2D eigenvalue weighted by Crippen LogP contribution is -2.20. The maximum absolute atomic E-state index is 10.3. The SMILES string of the molecule is CCC(=O)CC.CCNC(=O)CC.CCNC(=O)CC.CCNCC.CCOC(=O)CC.CCOC(=O)CC.CCOCC.CCSCC. The Morgan fingerprint density at radius 2 is 0.755 bits per heavy atom. The highest BCUT2D eigenvalue weighted by molar-refractivity contribution is 7.99. The van der Waals surface area contributed by atoms with Gasteiger partial charge in [-0.3, -0.25) is 24.0 Å². The maximum atomic E-state index is 10.3. The number of ketones is 1. The summed E-state index contributed by atoms with van der Waals surface area (Å²) < 4.78 is 13.9. The lowest BCUT2D eigenvalue weighted by atomic mass is 10.3. The van der Waals surface area contributed by atoms with Crippen LogP contribution in [0.3, 0.4) is 0 Å². The molecule has 3 N–H and O–H groups in total. The normalized spacial score (nSPS) is 8.33. The third-order valence-corrected chi connectivity index (χ3v) is 5.50. The summed E-state index contributed by atoms with van der Waals surface area (Å²) in [6.45, 7) is 37.3. The molecule has 0 unspecified atom stereocenters. The second-order valence-electron chi connectivity index (χ2n) is 8.70. The van der Waals surface area contributed by atoms with Gasteiger partial charge in [0.1, 0.15) is 5.78 Å². The highest BCUT2D eigenvalue weighted by atomic mass is 32.2. The van der Waals surface area contributed by atoms with E-state index in [0.717, 1.165) is 39.4 Å². The molecule has 0 bridgehead atoms. The molecule has 0 aliphatic carbocycles. The van der Waals surface area contributed by atoms with Crippen LogP contribution in [0.25, 0.3) is 0 Å². The summed E-state index contributed by atoms with van der Waals surface area (Å²) in [4.78, 5) is 51.2. The molecule has 11 nitrogen and oxygen atoms in total. The van der Waals surface area contributed by atoms with Gasteiger partial charge >= 0.3 is 11.9 Å². The maximum Gasteiger partial charge on any atom is 0.305 e. The smallest absolute Gasteiger partial charge is 0.305 e. The molecule has 0 rings (SSSR count). The number of hydrogen-bond donors (Lipinski definition) is 3. The molecular formula is C37H83N3O8S. The summed E-state index contributed by atoms with van der Waals surface area (Å²) in [6, 6.07) is 0. The van der Waals surface area contributed by atoms with Crippen molar-refractivity contribution in [3.05, 3.63) is 0 Å². The van der Waals surface area contributed by atoms with Gasteiger partial charge in [-0.05, 0) is 66.1 Å². The monoisotopic (exact) mass is 730 g/mol. The topological polar surface area (TPSA) is 149 Å². The van der Waals surface area contributed by atoms with E-state index >= 15 is 0 Å². The van der Waals surface area contributed by atoms with Crippen LogP contribution in [0.1, 0.15) is 149 Å². The molecule has 0 radical (unpaired) electrons. The third kappa shape index (κ3) is 114. The van der Waals surface area contributed by atoms with Crippen LogP contribution in [0.5, 0.6) is 0 Å². The van der Waals surface area contributed by atoms with Crippen molar-refractivity contribution in [1.29, 1.82) is 0 Å². The van der Waals surface area contributed by atoms with Crippen molar-refractivity contribution in [2.75, 3.05) is 64.1 Å². The molecule has 0 saturated carbocycles. The molecule has 0 fully saturated rings. The molecule has 0 aliphatic heterocycles. The van der Waals surface area contributed by atoms with Gasteiger partial charge in [-0.15, -0.1) is 0 Å². The number of carbonyl (C=O) groups excluding carboxylic acids is 5. The zero-order valence-electron chi connectivity index (χ0n) is 35.0. The molecule has 300 valence electrons. The first-order valence-electron chi connectivity index (χ1n) is 18.5. The van der Waals surface area contributed by atoms with Gasteiger partial charge in [0.25, 0.3) is 0 Å². The molecule has 0 atom stereocenters. The average molecular weight is 730 g/mol. The second kappa shape index (κ2) is 71.7. The van der Waals surface area contributed by atoms with Gasteiger partial charge in [0.2, 0.25) is 11.8 Å². The van der Waals surface area contributed by atoms with E-state index < -0.39 is 0 Å². The Hall–Kier alpha value is -2.18. The molecular weight excluding hydrogens is 646 g/mol. The quantitative estimate of drug-likeness (QED) is 0.135. The first-order chi connectivity index (χ1) is 23.3. The summed E-state index contributed by atoms with van der Waals surface area (Å²) in [5.41, 5.74) is 0. The van der Waals surface area contributed by atoms with Crippen molar-refractivity contribution in [3.8, 4) is 0 Å². The molecule has 0 saturated heterocycles. The number of hydrogen-bond acceptors (Lipinski definition) is 10. The van der Waals surface area contributed by atoms with Gasteiger partial charge in [-0.25, -0.2) is 0 Å². The van der Waals surface area contributed by atoms with E-state index in [-0.39, 0.29) is 23.8 Å². The summed E-state index contributed by atoms with van der Waals surface area (Å²) in [5, 5.41) is 8.42. The summed E-state index contributed by atoms with van der Waals surface area (Å²) in [6.07, 6.45) is 3.52. The zero-order valence-corrected chi connectivity index (χ0v) is 35.8. The van der Waals surface area contributed by atoms with Crippen LogP contribution in [-0.4, -0.2) is 93.6 Å². The van der Waals surface area contributed by atoms with Gasteiger partial charge in [-0.1, -0.05) is 69.2 Å². The van der Waals surface area contributed by atoms with Crippen LogP contribution in [0.15, 0.2) is 0 Å². The number of rotatable bonds is 16. The van der Waals surface area contributed by atoms with Crippen LogP contribution in [0.4, 0.5) is 0 Å². The Morgan fingerprint density at radius 1 is 0.429 bits per heavy atom. The van der Waals surface area contributed by atoms with E-state index in [1.807, 2.05) is 67.2 Å². The number of amides is 2. The van der Waals surface area contributed by atoms with Gasteiger partial charge in [-0.2, -0.15) is 11.8 Å². The van der Waals surface area contributed by atoms with Gasteiger partial charge in [0.15, 0.2) is 0 Å². The molecule has 0 aromatic heterocycles. The summed E-state index contributed by atoms with van der Waals surface area (Å²) in [7, 11) is 0. The molecule has 2 amide bonds. The van der Waals surface area contributed by atoms with Gasteiger partial charge in [0, 0.05) is 64.8 Å². The number of nitrogens with one attached hydrogen (secondary N) is 3. The van der Waals surface area contributed by atoms with Crippen LogP contribution in [-0.2, 0) is 38.2 Å². The molecule has 49 heavy (non-hydrogen) atoms. The highest BCUT2D eigenvalue weighted by Crippen LogP contribution is 1.93. The van der Waals surface area contributed by atoms with E-state index in [2.05, 4.69) is 53.1 Å². The van der Waals surface area contributed by atoms with Crippen molar-refractivity contribution >= 4 is 41.3 Å². The Bertz CT molecular complexity index is 543. The number of esters is 2. The van der Waals surface area contributed by atoms with Crippen molar-refractivity contribution in [2.45, 2.75) is 149 Å². The van der Waals surface area contributed by atoms with Crippen molar-refractivity contribution in [3.63, 3.8) is 0 Å². The fourth-order valence-electron chi connectivity index (χ4n) is 2.08. The Labute approximate surface area is 308 Å². The predicted molar refractivity (Wildman–Crippen MR) is 212 cm³/mol. The summed E-state index contributed by atoms with van der Waals surface area (Å²) >= 11 is 1.96. The zero-order chi connectivity index (χ0) is 40.2. The largest absolute Gasteiger partial charge is 0.466 e. The van der Waals surface area contributed by atoms with Crippen molar-refractivity contribution in [2.24, 2.45) is 0 Å². The van der Waals surface area contributed by atoms with Crippen LogP contribution >= 0.6 is 11.8 Å². The van der Waals surface area contributed by atoms with Gasteiger partial charge in [0.05, 0.1) is 13.2 Å². The third-order valence-electron chi connectivity index (χ3n) is 4.68. The molecule has 0 aromatic carbocycles. The number of thioether (sulfide) groups is 1. The fraction of sp³-hybridized carbons (Fsp3) is 0.865. The lowest BCUT2D eigenvalue weighted by Gasteiger charge is -1.93. The number of Topliss-reactive ketones (excluding diaryl/α,β-unsaturated/α-hetero) is 1. The van der Waals surface area contributed by atoms with E-state index in [1.54, 1.807) is 27.7 Å². The average Bonchev–Trinajstić information content (AvgIpc) is 3.11. The Morgan fingerprint density at radius 3 is 0.796 bits per heavy atom. The van der Waals surface area contributed by atoms with Crippen LogP contribution < -0.4 is 16.0 Å². The highest BCUT2D eigenvalue weighted by Gasteiger charge is 1.92. The van der Waals surface area contributed by atoms with Crippen molar-refractivity contribution < 1.29 is 38.2 Å².